The van der Waals surface area contributed by atoms with Gasteiger partial charge in [0.15, 0.2) is 0 Å². The van der Waals surface area contributed by atoms with Crippen molar-refractivity contribution in [1.82, 2.24) is 5.32 Å². The molecular formula is C9H17NO3. The van der Waals surface area contributed by atoms with E-state index in [0.29, 0.717) is 18.9 Å². The van der Waals surface area contributed by atoms with Gasteiger partial charge in [-0.05, 0) is 12.3 Å². The summed E-state index contributed by atoms with van der Waals surface area (Å²) in [6.07, 6.45) is 0.433. The van der Waals surface area contributed by atoms with E-state index in [9.17, 15) is 4.79 Å². The highest BCUT2D eigenvalue weighted by Gasteiger charge is 2.30. The van der Waals surface area contributed by atoms with Crippen LogP contribution >= 0.6 is 0 Å². The van der Waals surface area contributed by atoms with Crippen molar-refractivity contribution in [3.8, 4) is 0 Å². The van der Waals surface area contributed by atoms with Gasteiger partial charge in [-0.15, -0.1) is 0 Å². The molecule has 76 valence electrons. The molecule has 0 saturated carbocycles. The van der Waals surface area contributed by atoms with Crippen LogP contribution in [-0.2, 0) is 9.53 Å². The van der Waals surface area contributed by atoms with Gasteiger partial charge < -0.3 is 9.84 Å². The van der Waals surface area contributed by atoms with Crippen LogP contribution in [0.5, 0.6) is 0 Å². The first-order valence-corrected chi connectivity index (χ1v) is 4.68. The highest BCUT2D eigenvalue weighted by Crippen LogP contribution is 2.11. The number of ether oxygens (including phenoxy) is 1. The molecule has 1 saturated heterocycles. The summed E-state index contributed by atoms with van der Waals surface area (Å²) in [5.74, 6) is 0.195. The summed E-state index contributed by atoms with van der Waals surface area (Å²) in [7, 11) is 0. The lowest BCUT2D eigenvalue weighted by Crippen LogP contribution is -2.54. The molecule has 1 rings (SSSR count). The van der Waals surface area contributed by atoms with Crippen molar-refractivity contribution in [2.24, 2.45) is 5.92 Å². The number of carbonyl (C=O) groups excluding carboxylic acids is 1. The van der Waals surface area contributed by atoms with E-state index >= 15 is 0 Å². The van der Waals surface area contributed by atoms with Crippen LogP contribution in [0.1, 0.15) is 20.3 Å². The zero-order valence-electron chi connectivity index (χ0n) is 8.12. The van der Waals surface area contributed by atoms with Crippen molar-refractivity contribution in [3.63, 3.8) is 0 Å². The highest BCUT2D eigenvalue weighted by molar-refractivity contribution is 5.76. The van der Waals surface area contributed by atoms with Crippen molar-refractivity contribution < 1.29 is 14.6 Å². The summed E-state index contributed by atoms with van der Waals surface area (Å²) in [6, 6.07) is -0.111. The molecule has 2 unspecified atom stereocenters. The fourth-order valence-electron chi connectivity index (χ4n) is 1.36. The van der Waals surface area contributed by atoms with Gasteiger partial charge in [-0.3, -0.25) is 10.1 Å². The van der Waals surface area contributed by atoms with Crippen molar-refractivity contribution in [1.29, 1.82) is 0 Å². The Bertz CT molecular complexity index is 182. The third-order valence-corrected chi connectivity index (χ3v) is 2.33. The lowest BCUT2D eigenvalue weighted by molar-refractivity contribution is -0.153. The zero-order chi connectivity index (χ0) is 9.84. The summed E-state index contributed by atoms with van der Waals surface area (Å²) < 4.78 is 5.00. The minimum Gasteiger partial charge on any atom is -0.463 e. The largest absolute Gasteiger partial charge is 0.463 e. The molecule has 2 N–H and O–H groups in total. The Hall–Kier alpha value is -0.610. The monoisotopic (exact) mass is 187 g/mol. The summed E-state index contributed by atoms with van der Waals surface area (Å²) in [4.78, 5) is 11.2. The molecule has 1 fully saturated rings. The number of aliphatic hydroxyl groups is 1. The van der Waals surface area contributed by atoms with Crippen LogP contribution in [0, 0.1) is 5.92 Å². The van der Waals surface area contributed by atoms with Crippen LogP contribution in [0.2, 0.25) is 0 Å². The molecule has 0 aromatic rings. The van der Waals surface area contributed by atoms with Crippen molar-refractivity contribution in [2.75, 3.05) is 13.2 Å². The number of aliphatic hydroxyl groups excluding tert-OH is 1. The lowest BCUT2D eigenvalue weighted by atomic mass is 10.0. The third-order valence-electron chi connectivity index (χ3n) is 2.33. The van der Waals surface area contributed by atoms with Gasteiger partial charge in [0.05, 0.1) is 0 Å². The molecule has 1 aliphatic heterocycles. The highest BCUT2D eigenvalue weighted by atomic mass is 16.5. The van der Waals surface area contributed by atoms with Gasteiger partial charge in [0.2, 0.25) is 0 Å². The topological polar surface area (TPSA) is 58.6 Å². The van der Waals surface area contributed by atoms with E-state index in [1.165, 1.54) is 0 Å². The minimum atomic E-state index is -0.328. The van der Waals surface area contributed by atoms with E-state index in [1.807, 2.05) is 0 Å². The Kier molecular flexibility index (Phi) is 3.69. The van der Waals surface area contributed by atoms with Gasteiger partial charge in [0.25, 0.3) is 0 Å². The molecule has 1 aliphatic rings. The van der Waals surface area contributed by atoms with Crippen molar-refractivity contribution in [3.05, 3.63) is 0 Å². The molecule has 0 spiro atoms. The number of nitrogens with one attached hydrogen (secondary N) is 1. The van der Waals surface area contributed by atoms with E-state index < -0.39 is 0 Å². The van der Waals surface area contributed by atoms with Crippen LogP contribution in [0.4, 0.5) is 0 Å². The average Bonchev–Trinajstić information content (AvgIpc) is 2.08. The number of hydrogen-bond acceptors (Lipinski definition) is 4. The Morgan fingerprint density at radius 3 is 2.92 bits per heavy atom. The van der Waals surface area contributed by atoms with E-state index in [0.717, 1.165) is 0 Å². The van der Waals surface area contributed by atoms with Gasteiger partial charge in [0, 0.05) is 12.6 Å². The van der Waals surface area contributed by atoms with Crippen LogP contribution in [0.15, 0.2) is 0 Å². The molecule has 0 aliphatic carbocycles. The molecule has 0 aromatic carbocycles. The molecule has 13 heavy (non-hydrogen) atoms. The molecule has 1 heterocycles. The Morgan fingerprint density at radius 2 is 2.38 bits per heavy atom. The maximum absolute atomic E-state index is 11.2. The fourth-order valence-corrected chi connectivity index (χ4v) is 1.36. The smallest absolute Gasteiger partial charge is 0.323 e. The predicted molar refractivity (Wildman–Crippen MR) is 48.2 cm³/mol. The molecule has 4 nitrogen and oxygen atoms in total. The van der Waals surface area contributed by atoms with E-state index in [1.54, 1.807) is 0 Å². The van der Waals surface area contributed by atoms with Gasteiger partial charge in [0.1, 0.15) is 12.6 Å². The standard InChI is InChI=1S/C9H17NO3/c1-6(2)8-5-13-9(12)7(10-8)3-4-11/h6-8,10-11H,3-5H2,1-2H3. The summed E-state index contributed by atoms with van der Waals surface area (Å²) in [5, 5.41) is 11.9. The van der Waals surface area contributed by atoms with E-state index in [4.69, 9.17) is 9.84 Å². The number of rotatable bonds is 3. The molecule has 0 aromatic heterocycles. The molecule has 0 radical (unpaired) electrons. The van der Waals surface area contributed by atoms with E-state index in [-0.39, 0.29) is 24.7 Å². The summed E-state index contributed by atoms with van der Waals surface area (Å²) in [5.41, 5.74) is 0. The van der Waals surface area contributed by atoms with Crippen LogP contribution < -0.4 is 5.32 Å². The first-order valence-electron chi connectivity index (χ1n) is 4.68. The molecule has 4 heteroatoms. The van der Waals surface area contributed by atoms with Crippen molar-refractivity contribution in [2.45, 2.75) is 32.4 Å². The summed E-state index contributed by atoms with van der Waals surface area (Å²) in [6.45, 7) is 4.61. The molecular weight excluding hydrogens is 170 g/mol. The molecule has 2 atom stereocenters. The number of morpholine rings is 1. The lowest BCUT2D eigenvalue weighted by Gasteiger charge is -2.31. The second-order valence-electron chi connectivity index (χ2n) is 3.71. The summed E-state index contributed by atoms with van der Waals surface area (Å²) >= 11 is 0. The minimum absolute atomic E-state index is 0.0115. The van der Waals surface area contributed by atoms with Crippen LogP contribution in [-0.4, -0.2) is 36.4 Å². The zero-order valence-corrected chi connectivity index (χ0v) is 8.12. The van der Waals surface area contributed by atoms with Crippen molar-refractivity contribution >= 4 is 5.97 Å². The first kappa shape index (κ1) is 10.5. The van der Waals surface area contributed by atoms with Crippen LogP contribution in [0.25, 0.3) is 0 Å². The van der Waals surface area contributed by atoms with Gasteiger partial charge in [-0.2, -0.15) is 0 Å². The second kappa shape index (κ2) is 4.58. The van der Waals surface area contributed by atoms with Gasteiger partial charge in [-0.25, -0.2) is 0 Å². The molecule has 0 amide bonds. The maximum Gasteiger partial charge on any atom is 0.323 e. The average molecular weight is 187 g/mol. The quantitative estimate of drug-likeness (QED) is 0.606. The third kappa shape index (κ3) is 2.67. The number of esters is 1. The van der Waals surface area contributed by atoms with Gasteiger partial charge >= 0.3 is 5.97 Å². The van der Waals surface area contributed by atoms with Crippen LogP contribution in [0.3, 0.4) is 0 Å². The Labute approximate surface area is 78.3 Å². The second-order valence-corrected chi connectivity index (χ2v) is 3.71. The Balaban J connectivity index is 2.47. The Morgan fingerprint density at radius 1 is 1.69 bits per heavy atom. The number of cyclic esters (lactones) is 1. The van der Waals surface area contributed by atoms with E-state index in [2.05, 4.69) is 19.2 Å². The SMILES string of the molecule is CC(C)C1COC(=O)C(CCO)N1. The number of hydrogen-bond donors (Lipinski definition) is 2. The number of carbonyl (C=O) groups is 1. The maximum atomic E-state index is 11.2. The first-order chi connectivity index (χ1) is 6.15. The predicted octanol–water partition coefficient (Wildman–Crippen LogP) is -0.0916. The fraction of sp³-hybridized carbons (Fsp3) is 0.889. The van der Waals surface area contributed by atoms with Gasteiger partial charge in [-0.1, -0.05) is 13.8 Å². The molecule has 0 bridgehead atoms. The normalized spacial score (nSPS) is 29.1.